The number of ketones is 1. The van der Waals surface area contributed by atoms with E-state index >= 15 is 0 Å². The van der Waals surface area contributed by atoms with Crippen LogP contribution in [-0.2, 0) is 49.3 Å². The fourth-order valence-electron chi connectivity index (χ4n) is 9.36. The van der Waals surface area contributed by atoms with E-state index in [9.17, 15) is 29.4 Å². The maximum Gasteiger partial charge on any atom is 0.316 e. The highest BCUT2D eigenvalue weighted by Gasteiger charge is 2.53. The molecule has 4 bridgehead atoms. The Morgan fingerprint density at radius 3 is 2.46 bits per heavy atom. The van der Waals surface area contributed by atoms with E-state index in [-0.39, 0.29) is 67.5 Å². The second kappa shape index (κ2) is 19.3. The van der Waals surface area contributed by atoms with Gasteiger partial charge in [-0.3, -0.25) is 19.2 Å². The standard InChI is InChI=1S/C44H62N6O13/c1-11-33-44(8,56)38-23(4)34-21(2)18-43(7,37(24(5)35(51)25(6)41(55)60-33)61-42-36(52)31(50(9)10)15-22(3)59-42)58-20-26(19-57-38)48-63-32(40(54)47-34)17-27-16-30(49-62-27)28-13-12-14-29(46-28)39(45)53/h12-14,16,21-25,31-33,36-38,42,52,56H,11,15,17-20H2,1-10H3,(H2,45,53)/b47-34?,48-26-/t21-,22-,23+,24+,25-,31+,32?,33-,36-,37-,38-,42+,43-,44-/m1/s1. The number of aliphatic hydroxyl groups is 2. The fraction of sp³-hybridized carbons (Fsp3) is 0.682. The van der Waals surface area contributed by atoms with Crippen molar-refractivity contribution in [3.8, 4) is 11.4 Å². The fourth-order valence-corrected chi connectivity index (χ4v) is 9.36. The number of aromatic nitrogens is 2. The number of cyclic esters (lactones) is 1. The van der Waals surface area contributed by atoms with Crippen LogP contribution < -0.4 is 5.73 Å². The van der Waals surface area contributed by atoms with Gasteiger partial charge in [0.25, 0.3) is 11.8 Å². The number of primary amides is 1. The van der Waals surface area contributed by atoms with Crippen molar-refractivity contribution in [1.82, 2.24) is 15.0 Å². The number of carbonyl (C=O) groups is 4. The van der Waals surface area contributed by atoms with E-state index in [1.807, 2.05) is 32.8 Å². The molecular formula is C44H62N6O13. The summed E-state index contributed by atoms with van der Waals surface area (Å²) in [5.41, 5.74) is 3.20. The number of likely N-dealkylation sites (N-methyl/N-ethyl adjacent to an activating group) is 1. The lowest BCUT2D eigenvalue weighted by atomic mass is 9.73. The third-order valence-corrected chi connectivity index (χ3v) is 12.9. The number of pyridine rings is 1. The van der Waals surface area contributed by atoms with Crippen LogP contribution in [-0.4, -0.2) is 148 Å². The van der Waals surface area contributed by atoms with Gasteiger partial charge in [0, 0.05) is 29.7 Å². The topological polar surface area (TPSA) is 257 Å². The number of aliphatic hydroxyl groups excluding tert-OH is 1. The number of fused-ring (bicyclic) bond motifs is 4. The van der Waals surface area contributed by atoms with Gasteiger partial charge in [0.1, 0.15) is 46.6 Å². The van der Waals surface area contributed by atoms with Crippen LogP contribution in [0.25, 0.3) is 11.4 Å². The Kier molecular flexibility index (Phi) is 14.7. The highest BCUT2D eigenvalue weighted by atomic mass is 16.7. The molecule has 0 spiro atoms. The average molecular weight is 883 g/mol. The Morgan fingerprint density at radius 2 is 1.78 bits per heavy atom. The average Bonchev–Trinajstić information content (AvgIpc) is 3.70. The van der Waals surface area contributed by atoms with E-state index in [1.165, 1.54) is 19.9 Å². The Labute approximate surface area is 367 Å². The van der Waals surface area contributed by atoms with Crippen molar-refractivity contribution in [3.63, 3.8) is 0 Å². The molecule has 6 rings (SSSR count). The molecule has 14 atom stereocenters. The minimum absolute atomic E-state index is 0.0340. The van der Waals surface area contributed by atoms with Gasteiger partial charge in [-0.05, 0) is 79.1 Å². The van der Waals surface area contributed by atoms with Crippen LogP contribution in [0.5, 0.6) is 0 Å². The zero-order valence-electron chi connectivity index (χ0n) is 37.7. The van der Waals surface area contributed by atoms with Crippen molar-refractivity contribution in [3.05, 3.63) is 35.7 Å². The lowest BCUT2D eigenvalue weighted by molar-refractivity contribution is -0.296. The third-order valence-electron chi connectivity index (χ3n) is 12.9. The zero-order valence-corrected chi connectivity index (χ0v) is 37.7. The van der Waals surface area contributed by atoms with Gasteiger partial charge in [-0.1, -0.05) is 44.1 Å². The number of amides is 2. The van der Waals surface area contributed by atoms with Crippen molar-refractivity contribution in [1.29, 1.82) is 0 Å². The van der Waals surface area contributed by atoms with Gasteiger partial charge in [-0.25, -0.2) is 9.98 Å². The lowest BCUT2D eigenvalue weighted by Gasteiger charge is -2.47. The summed E-state index contributed by atoms with van der Waals surface area (Å²) in [6, 6.07) is 5.91. The van der Waals surface area contributed by atoms with Crippen LogP contribution in [0.1, 0.15) is 90.9 Å². The molecule has 2 aromatic heterocycles. The molecule has 4 N–H and O–H groups in total. The van der Waals surface area contributed by atoms with Crippen LogP contribution in [0.15, 0.2) is 38.9 Å². The monoisotopic (exact) mass is 882 g/mol. The van der Waals surface area contributed by atoms with Gasteiger partial charge < -0.3 is 53.9 Å². The van der Waals surface area contributed by atoms with Crippen LogP contribution in [0.2, 0.25) is 0 Å². The first-order valence-electron chi connectivity index (χ1n) is 21.6. The summed E-state index contributed by atoms with van der Waals surface area (Å²) < 4.78 is 37.9. The highest BCUT2D eigenvalue weighted by Crippen LogP contribution is 2.40. The van der Waals surface area contributed by atoms with Crippen LogP contribution in [0.4, 0.5) is 0 Å². The van der Waals surface area contributed by atoms with E-state index in [1.54, 1.807) is 45.9 Å². The van der Waals surface area contributed by atoms with Gasteiger partial charge in [0.15, 0.2) is 12.1 Å². The van der Waals surface area contributed by atoms with Crippen LogP contribution in [0.3, 0.4) is 0 Å². The number of nitrogens with zero attached hydrogens (tertiary/aromatic N) is 5. The molecule has 0 radical (unpaired) electrons. The first kappa shape index (κ1) is 48.0. The molecule has 3 saturated heterocycles. The number of hydrogen-bond donors (Lipinski definition) is 3. The molecule has 2 aromatic rings. The van der Waals surface area contributed by atoms with E-state index in [0.717, 1.165) is 0 Å². The number of carbonyl (C=O) groups excluding carboxylic acids is 4. The number of aliphatic imine (C=N–C) groups is 1. The van der Waals surface area contributed by atoms with Gasteiger partial charge in [0.05, 0.1) is 49.2 Å². The molecule has 4 aliphatic heterocycles. The maximum absolute atomic E-state index is 14.5. The molecule has 0 aliphatic carbocycles. The highest BCUT2D eigenvalue weighted by molar-refractivity contribution is 6.01. The Morgan fingerprint density at radius 1 is 1.05 bits per heavy atom. The third kappa shape index (κ3) is 10.2. The van der Waals surface area contributed by atoms with E-state index in [2.05, 4.69) is 15.3 Å². The quantitative estimate of drug-likeness (QED) is 0.254. The zero-order chi connectivity index (χ0) is 46.1. The Bertz CT molecular complexity index is 2070. The molecule has 63 heavy (non-hydrogen) atoms. The molecule has 0 saturated carbocycles. The van der Waals surface area contributed by atoms with Crippen molar-refractivity contribution < 1.29 is 62.4 Å². The van der Waals surface area contributed by atoms with E-state index in [0.29, 0.717) is 17.8 Å². The molecule has 1 unspecified atom stereocenters. The van der Waals surface area contributed by atoms with Gasteiger partial charge in [-0.15, -0.1) is 0 Å². The second-order valence-corrected chi connectivity index (χ2v) is 18.1. The molecule has 4 aliphatic rings. The first-order chi connectivity index (χ1) is 29.6. The van der Waals surface area contributed by atoms with Crippen LogP contribution in [0, 0.1) is 23.7 Å². The second-order valence-electron chi connectivity index (χ2n) is 18.1. The minimum Gasteiger partial charge on any atom is -0.459 e. The maximum atomic E-state index is 14.5. The van der Waals surface area contributed by atoms with Crippen molar-refractivity contribution in [2.24, 2.45) is 39.6 Å². The Balaban J connectivity index is 1.47. The summed E-state index contributed by atoms with van der Waals surface area (Å²) in [4.78, 5) is 71.5. The molecule has 19 heteroatoms. The largest absolute Gasteiger partial charge is 0.459 e. The molecule has 3 fully saturated rings. The summed E-state index contributed by atoms with van der Waals surface area (Å²) in [5, 5.41) is 32.6. The summed E-state index contributed by atoms with van der Waals surface area (Å²) in [6.07, 6.45) is -6.88. The summed E-state index contributed by atoms with van der Waals surface area (Å²) in [6.45, 7) is 13.1. The number of ether oxygens (including phenoxy) is 5. The smallest absolute Gasteiger partial charge is 0.316 e. The molecule has 6 heterocycles. The van der Waals surface area contributed by atoms with Crippen LogP contribution >= 0.6 is 0 Å². The molecule has 346 valence electrons. The number of hydrogen-bond acceptors (Lipinski definition) is 17. The number of nitrogens with two attached hydrogens (primary N) is 1. The SMILES string of the molecule is CC[C@H]1OC(=O)[C@H](C)C(=O)[C@H](C)[C@@H](O[C@@H]2O[C@H](C)C[C@H](N(C)C)[C@H]2O)[C@@]2(C)C[C@@H](C)C3=NC(=O)C(Cc4cc(-c5cccc(C(N)=O)n5)no4)O/N=C(/CO[C@H]([C@H]3C)[C@]1(C)O)CO2. The summed E-state index contributed by atoms with van der Waals surface area (Å²) >= 11 is 0. The number of oxime groups is 1. The first-order valence-corrected chi connectivity index (χ1v) is 21.6. The van der Waals surface area contributed by atoms with Crippen molar-refractivity contribution in [2.75, 3.05) is 27.3 Å². The van der Waals surface area contributed by atoms with E-state index < -0.39 is 95.3 Å². The molecule has 2 amide bonds. The van der Waals surface area contributed by atoms with Gasteiger partial charge >= 0.3 is 5.97 Å². The lowest BCUT2D eigenvalue weighted by Crippen LogP contribution is -2.60. The van der Waals surface area contributed by atoms with Crippen molar-refractivity contribution >= 4 is 35.0 Å². The number of esters is 1. The Hall–Kier alpha value is -4.50. The van der Waals surface area contributed by atoms with Gasteiger partial charge in [0.2, 0.25) is 6.10 Å². The molecule has 0 aromatic carbocycles. The molecular weight excluding hydrogens is 821 g/mol. The predicted molar refractivity (Wildman–Crippen MR) is 225 cm³/mol. The minimum atomic E-state index is -1.89. The summed E-state index contributed by atoms with van der Waals surface area (Å²) in [5.74, 6) is -6.36. The van der Waals surface area contributed by atoms with Crippen molar-refractivity contribution in [2.45, 2.75) is 141 Å². The summed E-state index contributed by atoms with van der Waals surface area (Å²) in [7, 11) is 3.70. The number of Topliss-reactive ketones (excluding diaryl/α,β-unsaturated/α-hetero) is 1. The normalized spacial score (nSPS) is 38.1. The molecule has 19 nitrogen and oxygen atoms in total. The number of rotatable bonds is 8. The van der Waals surface area contributed by atoms with Gasteiger partial charge in [-0.2, -0.15) is 0 Å². The predicted octanol–water partition coefficient (Wildman–Crippen LogP) is 2.68. The van der Waals surface area contributed by atoms with E-state index in [4.69, 9.17) is 43.8 Å².